The Labute approximate surface area is 108 Å². The van der Waals surface area contributed by atoms with Gasteiger partial charge in [-0.3, -0.25) is 0 Å². The minimum Gasteiger partial charge on any atom is -0.478 e. The van der Waals surface area contributed by atoms with Crippen molar-refractivity contribution in [2.45, 2.75) is 12.2 Å². The predicted molar refractivity (Wildman–Crippen MR) is 59.7 cm³/mol. The summed E-state index contributed by atoms with van der Waals surface area (Å²) in [5.41, 5.74) is 0.447. The van der Waals surface area contributed by atoms with E-state index in [1.807, 2.05) is 0 Å². The summed E-state index contributed by atoms with van der Waals surface area (Å²) in [7, 11) is 1.21. The molecule has 1 heterocycles. The molecular weight excluding hydrogens is 361 g/mol. The highest BCUT2D eigenvalue weighted by molar-refractivity contribution is 14.1. The van der Waals surface area contributed by atoms with Crippen LogP contribution in [0.2, 0.25) is 0 Å². The first-order valence-corrected chi connectivity index (χ1v) is 5.53. The van der Waals surface area contributed by atoms with Gasteiger partial charge in [0.15, 0.2) is 0 Å². The Morgan fingerprint density at radius 3 is 2.56 bits per heavy atom. The molecule has 0 saturated carbocycles. The minimum atomic E-state index is -4.79. The Balaban J connectivity index is 3.21. The minimum absolute atomic E-state index is 0.0451. The monoisotopic (exact) mass is 367 g/mol. The molecule has 0 amide bonds. The van der Waals surface area contributed by atoms with Crippen LogP contribution in [0.5, 0.6) is 11.6 Å². The molecule has 3 nitrogen and oxygen atoms in total. The second-order valence-corrected chi connectivity index (χ2v) is 3.96. The molecule has 0 aliphatic heterocycles. The van der Waals surface area contributed by atoms with Crippen LogP contribution in [0, 0.1) is 3.57 Å². The van der Waals surface area contributed by atoms with E-state index in [1.165, 1.54) is 13.3 Å². The zero-order valence-electron chi connectivity index (χ0n) is 7.94. The summed E-state index contributed by atoms with van der Waals surface area (Å²) >= 11 is 7.25. The van der Waals surface area contributed by atoms with Crippen LogP contribution in [-0.2, 0) is 5.88 Å². The number of ether oxygens (including phenoxy) is 2. The first-order chi connectivity index (χ1) is 7.39. The summed E-state index contributed by atoms with van der Waals surface area (Å²) in [6.45, 7) is 0. The van der Waals surface area contributed by atoms with E-state index >= 15 is 0 Å². The largest absolute Gasteiger partial charge is 0.573 e. The summed E-state index contributed by atoms with van der Waals surface area (Å²) in [6, 6.07) is 0. The quantitative estimate of drug-likeness (QED) is 0.607. The number of aromatic nitrogens is 1. The van der Waals surface area contributed by atoms with Gasteiger partial charge in [0, 0.05) is 11.8 Å². The number of hydrogen-bond donors (Lipinski definition) is 0. The highest BCUT2D eigenvalue weighted by atomic mass is 127. The standard InChI is InChI=1S/C8H6ClF3INO2/c1-15-7-6(16-8(10,11)12)5(13)4(2-9)3-14-7/h3H,2H2,1H3. The molecule has 16 heavy (non-hydrogen) atoms. The lowest BCUT2D eigenvalue weighted by atomic mass is 10.3. The third-order valence-corrected chi connectivity index (χ3v) is 3.04. The van der Waals surface area contributed by atoms with E-state index in [0.29, 0.717) is 5.56 Å². The van der Waals surface area contributed by atoms with E-state index in [1.54, 1.807) is 22.6 Å². The SMILES string of the molecule is COc1ncc(CCl)c(I)c1OC(F)(F)F. The fourth-order valence-corrected chi connectivity index (χ4v) is 2.03. The van der Waals surface area contributed by atoms with Crippen LogP contribution in [0.1, 0.15) is 5.56 Å². The van der Waals surface area contributed by atoms with Gasteiger partial charge in [-0.05, 0) is 22.6 Å². The van der Waals surface area contributed by atoms with Gasteiger partial charge in [-0.2, -0.15) is 0 Å². The van der Waals surface area contributed by atoms with Gasteiger partial charge < -0.3 is 9.47 Å². The van der Waals surface area contributed by atoms with Gasteiger partial charge in [-0.25, -0.2) is 4.98 Å². The average Bonchev–Trinajstić information content (AvgIpc) is 2.19. The highest BCUT2D eigenvalue weighted by Gasteiger charge is 2.34. The van der Waals surface area contributed by atoms with Gasteiger partial charge in [0.05, 0.1) is 16.6 Å². The molecule has 0 unspecified atom stereocenters. The summed E-state index contributed by atoms with van der Waals surface area (Å²) < 4.78 is 45.2. The number of hydrogen-bond acceptors (Lipinski definition) is 3. The van der Waals surface area contributed by atoms with Crippen molar-refractivity contribution >= 4 is 34.2 Å². The highest BCUT2D eigenvalue weighted by Crippen LogP contribution is 2.36. The Hall–Kier alpha value is -0.440. The molecule has 0 fully saturated rings. The first-order valence-electron chi connectivity index (χ1n) is 3.92. The van der Waals surface area contributed by atoms with Gasteiger partial charge in [0.2, 0.25) is 5.75 Å². The van der Waals surface area contributed by atoms with Crippen LogP contribution in [0.25, 0.3) is 0 Å². The van der Waals surface area contributed by atoms with Crippen molar-refractivity contribution in [2.24, 2.45) is 0 Å². The third kappa shape index (κ3) is 3.27. The summed E-state index contributed by atoms with van der Waals surface area (Å²) in [5, 5.41) is 0. The van der Waals surface area contributed by atoms with E-state index in [9.17, 15) is 13.2 Å². The molecule has 1 rings (SSSR count). The zero-order chi connectivity index (χ0) is 12.3. The van der Waals surface area contributed by atoms with Crippen LogP contribution < -0.4 is 9.47 Å². The van der Waals surface area contributed by atoms with E-state index in [-0.39, 0.29) is 15.3 Å². The van der Waals surface area contributed by atoms with Crippen LogP contribution in [0.4, 0.5) is 13.2 Å². The van der Waals surface area contributed by atoms with Crippen LogP contribution in [0.3, 0.4) is 0 Å². The first kappa shape index (κ1) is 13.6. The van der Waals surface area contributed by atoms with Gasteiger partial charge >= 0.3 is 6.36 Å². The zero-order valence-corrected chi connectivity index (χ0v) is 10.9. The third-order valence-electron chi connectivity index (χ3n) is 1.57. The van der Waals surface area contributed by atoms with Crippen LogP contribution >= 0.6 is 34.2 Å². The van der Waals surface area contributed by atoms with E-state index in [4.69, 9.17) is 11.6 Å². The molecule has 0 bridgehead atoms. The van der Waals surface area contributed by atoms with Crippen molar-refractivity contribution in [3.05, 3.63) is 15.3 Å². The molecule has 0 atom stereocenters. The molecular formula is C8H6ClF3INO2. The molecule has 0 saturated heterocycles. The Morgan fingerprint density at radius 2 is 2.12 bits per heavy atom. The van der Waals surface area contributed by atoms with Crippen molar-refractivity contribution in [3.63, 3.8) is 0 Å². The number of pyridine rings is 1. The number of nitrogens with zero attached hydrogens (tertiary/aromatic N) is 1. The van der Waals surface area contributed by atoms with Crippen molar-refractivity contribution in [1.82, 2.24) is 4.98 Å². The maximum absolute atomic E-state index is 12.1. The molecule has 0 radical (unpaired) electrons. The molecule has 0 spiro atoms. The predicted octanol–water partition coefficient (Wildman–Crippen LogP) is 3.33. The Bertz CT molecular complexity index is 386. The lowest BCUT2D eigenvalue weighted by molar-refractivity contribution is -0.275. The topological polar surface area (TPSA) is 31.4 Å². The van der Waals surface area contributed by atoms with Gasteiger partial charge in [0.1, 0.15) is 0 Å². The van der Waals surface area contributed by atoms with E-state index in [2.05, 4.69) is 14.5 Å². The average molecular weight is 367 g/mol. The molecule has 0 aliphatic carbocycles. The summed E-state index contributed by atoms with van der Waals surface area (Å²) in [5.74, 6) is -0.645. The lowest BCUT2D eigenvalue weighted by Gasteiger charge is -2.14. The fourth-order valence-electron chi connectivity index (χ4n) is 0.934. The molecule has 0 N–H and O–H groups in total. The van der Waals surface area contributed by atoms with Crippen LogP contribution in [-0.4, -0.2) is 18.5 Å². The second kappa shape index (κ2) is 5.26. The van der Waals surface area contributed by atoms with Crippen molar-refractivity contribution in [3.8, 4) is 11.6 Å². The maximum Gasteiger partial charge on any atom is 0.573 e. The lowest BCUT2D eigenvalue weighted by Crippen LogP contribution is -2.19. The van der Waals surface area contributed by atoms with Crippen molar-refractivity contribution in [2.75, 3.05) is 7.11 Å². The molecule has 0 aromatic carbocycles. The van der Waals surface area contributed by atoms with Gasteiger partial charge in [-0.1, -0.05) is 0 Å². The second-order valence-electron chi connectivity index (χ2n) is 2.62. The maximum atomic E-state index is 12.1. The molecule has 0 aliphatic rings. The summed E-state index contributed by atoms with van der Waals surface area (Å²) in [6.07, 6.45) is -3.45. The van der Waals surface area contributed by atoms with Crippen molar-refractivity contribution < 1.29 is 22.6 Å². The Morgan fingerprint density at radius 1 is 1.50 bits per heavy atom. The van der Waals surface area contributed by atoms with E-state index < -0.39 is 12.1 Å². The van der Waals surface area contributed by atoms with E-state index in [0.717, 1.165) is 0 Å². The van der Waals surface area contributed by atoms with Gasteiger partial charge in [0.25, 0.3) is 5.88 Å². The smallest absolute Gasteiger partial charge is 0.478 e. The van der Waals surface area contributed by atoms with Crippen LogP contribution in [0.15, 0.2) is 6.20 Å². The number of halogens is 5. The molecule has 1 aromatic rings. The number of rotatable bonds is 3. The number of methoxy groups -OCH3 is 1. The van der Waals surface area contributed by atoms with Gasteiger partial charge in [-0.15, -0.1) is 24.8 Å². The summed E-state index contributed by atoms with van der Waals surface area (Å²) in [4.78, 5) is 3.68. The Kier molecular flexibility index (Phi) is 4.48. The molecule has 8 heteroatoms. The number of alkyl halides is 4. The fraction of sp³-hybridized carbons (Fsp3) is 0.375. The normalized spacial score (nSPS) is 11.4. The molecule has 90 valence electrons. The van der Waals surface area contributed by atoms with Crippen molar-refractivity contribution in [1.29, 1.82) is 0 Å². The molecule has 1 aromatic heterocycles.